The van der Waals surface area contributed by atoms with Crippen molar-refractivity contribution in [2.24, 2.45) is 0 Å². The van der Waals surface area contributed by atoms with Crippen LogP contribution in [0.1, 0.15) is 0 Å². The Bertz CT molecular complexity index is 8.00. The van der Waals surface area contributed by atoms with E-state index in [1.54, 1.807) is 0 Å². The van der Waals surface area contributed by atoms with Crippen LogP contribution in [0.25, 0.3) is 0 Å². The third-order valence-corrected chi connectivity index (χ3v) is 0. The van der Waals surface area contributed by atoms with Crippen molar-refractivity contribution in [2.45, 2.75) is 0 Å². The summed E-state index contributed by atoms with van der Waals surface area (Å²) in [5, 5.41) is 0. The molecule has 0 amide bonds. The summed E-state index contributed by atoms with van der Waals surface area (Å²) >= 11 is 0. The molecule has 2 N–H and O–H groups in total. The Hall–Kier alpha value is 0.955. The molecule has 0 aromatic heterocycles. The fourth-order valence-electron chi connectivity index (χ4n) is 0. The van der Waals surface area contributed by atoms with E-state index in [0.29, 0.717) is 0 Å². The summed E-state index contributed by atoms with van der Waals surface area (Å²) in [4.78, 5) is 0. The van der Waals surface area contributed by atoms with E-state index in [1.807, 2.05) is 0 Å². The molecule has 0 fully saturated rings. The summed E-state index contributed by atoms with van der Waals surface area (Å²) in [5.41, 5.74) is 0. The molecule has 0 heterocycles. The van der Waals surface area contributed by atoms with Gasteiger partial charge in [0.05, 0.1) is 8.41 Å². The quantitative estimate of drug-likeness (QED) is 0.285. The molecule has 0 aliphatic carbocycles. The van der Waals surface area contributed by atoms with Crippen molar-refractivity contribution >= 4 is 38.0 Å². The minimum atomic E-state index is 0. The van der Waals surface area contributed by atoms with Crippen molar-refractivity contribution < 1.29 is 10.2 Å². The second-order valence-electron chi connectivity index (χ2n) is 0. The van der Waals surface area contributed by atoms with E-state index >= 15 is 0 Å². The van der Waals surface area contributed by atoms with E-state index in [4.69, 9.17) is 0 Å². The van der Waals surface area contributed by atoms with Gasteiger partial charge in [-0.15, -0.1) is 0 Å². The van der Waals surface area contributed by atoms with Crippen LogP contribution in [-0.4, -0.2) is 43.4 Å². The Morgan fingerprint density at radius 3 is 1.00 bits per heavy atom. The monoisotopic (exact) mass is 76.0 g/mol. The number of hydrogen-bond acceptors (Lipinski definition) is 0. The van der Waals surface area contributed by atoms with Gasteiger partial charge < -0.3 is 5.48 Å². The summed E-state index contributed by atoms with van der Waals surface area (Å²) in [7, 11) is 0. The zero-order valence-corrected chi connectivity index (χ0v) is 0.908. The molecule has 0 spiro atoms. The van der Waals surface area contributed by atoms with E-state index in [0.717, 1.165) is 0 Å². The van der Waals surface area contributed by atoms with Crippen LogP contribution >= 0.6 is 0 Å². The standard InChI is InChI=1S/BH3.FH.Na.H2O.H/h1H3;1H;;1H2;. The first-order valence-corrected chi connectivity index (χ1v) is 0. The second kappa shape index (κ2) is 37.9. The zero-order chi connectivity index (χ0) is 0. The third kappa shape index (κ3) is 12.4. The van der Waals surface area contributed by atoms with Crippen molar-refractivity contribution in [3.8, 4) is 0 Å². The van der Waals surface area contributed by atoms with Gasteiger partial charge in [-0.2, -0.15) is 0 Å². The van der Waals surface area contributed by atoms with Gasteiger partial charge in [0.25, 0.3) is 0 Å². The number of hydrogen-bond donors (Lipinski definition) is 0. The SMILES string of the molecule is B.F.O.[NaH]. The molecule has 0 saturated carbocycles. The molecule has 0 saturated heterocycles. The van der Waals surface area contributed by atoms with Gasteiger partial charge in [0.15, 0.2) is 0 Å². The van der Waals surface area contributed by atoms with E-state index in [1.165, 1.54) is 0 Å². The molecule has 0 unspecified atom stereocenters. The topological polar surface area (TPSA) is 31.5 Å². The first-order valence-electron chi connectivity index (χ1n) is 0. The summed E-state index contributed by atoms with van der Waals surface area (Å²) in [6.45, 7) is 0. The predicted octanol–water partition coefficient (Wildman–Crippen LogP) is -2.50. The molecule has 0 aromatic rings. The van der Waals surface area contributed by atoms with E-state index in [-0.39, 0.29) is 48.2 Å². The van der Waals surface area contributed by atoms with Crippen LogP contribution < -0.4 is 0 Å². The molecule has 0 rings (SSSR count). The normalized spacial score (nSPS) is 0. The first kappa shape index (κ1) is 85.0. The van der Waals surface area contributed by atoms with Gasteiger partial charge in [-0.25, -0.2) is 0 Å². The van der Waals surface area contributed by atoms with Gasteiger partial charge in [0.2, 0.25) is 0 Å². The molecule has 4 heavy (non-hydrogen) atoms. The van der Waals surface area contributed by atoms with Crippen LogP contribution in [0.4, 0.5) is 4.70 Å². The fourth-order valence-corrected chi connectivity index (χ4v) is 0. The molecule has 0 radical (unpaired) electrons. The van der Waals surface area contributed by atoms with E-state index in [2.05, 4.69) is 0 Å². The van der Waals surface area contributed by atoms with Gasteiger partial charge in [-0.05, 0) is 0 Å². The summed E-state index contributed by atoms with van der Waals surface area (Å²) in [6, 6.07) is 0. The fraction of sp³-hybridized carbons (Fsp3) is 0. The number of halogens is 1. The molecule has 0 aliphatic rings. The molecule has 1 nitrogen and oxygen atoms in total. The second-order valence-corrected chi connectivity index (χ2v) is 0. The van der Waals surface area contributed by atoms with Crippen molar-refractivity contribution in [1.82, 2.24) is 0 Å². The van der Waals surface area contributed by atoms with Crippen molar-refractivity contribution in [3.63, 3.8) is 0 Å². The van der Waals surface area contributed by atoms with Crippen LogP contribution in [0.3, 0.4) is 0 Å². The van der Waals surface area contributed by atoms with Crippen LogP contribution in [0.2, 0.25) is 0 Å². The van der Waals surface area contributed by atoms with Gasteiger partial charge in [0.1, 0.15) is 0 Å². The Balaban J connectivity index is 0. The molecule has 0 aliphatic heterocycles. The van der Waals surface area contributed by atoms with Crippen molar-refractivity contribution in [2.75, 3.05) is 0 Å². The van der Waals surface area contributed by atoms with E-state index in [9.17, 15) is 0 Å². The Morgan fingerprint density at radius 1 is 1.00 bits per heavy atom. The molecule has 24 valence electrons. The molecule has 0 aromatic carbocycles. The summed E-state index contributed by atoms with van der Waals surface area (Å²) in [6.07, 6.45) is 0. The Morgan fingerprint density at radius 2 is 1.00 bits per heavy atom. The van der Waals surface area contributed by atoms with Gasteiger partial charge in [0, 0.05) is 0 Å². The zero-order valence-electron chi connectivity index (χ0n) is 0.908. The van der Waals surface area contributed by atoms with Gasteiger partial charge in [-0.3, -0.25) is 4.70 Å². The molecular formula is H7BFNaO. The summed E-state index contributed by atoms with van der Waals surface area (Å²) in [5.74, 6) is 0. The van der Waals surface area contributed by atoms with Crippen LogP contribution in [-0.2, 0) is 0 Å². The Labute approximate surface area is 48.3 Å². The number of rotatable bonds is 0. The van der Waals surface area contributed by atoms with Crippen LogP contribution in [0.15, 0.2) is 0 Å². The van der Waals surface area contributed by atoms with Crippen molar-refractivity contribution in [3.05, 3.63) is 0 Å². The molecule has 4 heteroatoms. The summed E-state index contributed by atoms with van der Waals surface area (Å²) < 4.78 is 0. The third-order valence-electron chi connectivity index (χ3n) is 0. The van der Waals surface area contributed by atoms with E-state index < -0.39 is 0 Å². The first-order chi connectivity index (χ1) is 0. The maximum absolute atomic E-state index is 0. The molecule has 0 bridgehead atoms. The average Bonchev–Trinajstić information content (AvgIpc) is 0. The van der Waals surface area contributed by atoms with Crippen LogP contribution in [0.5, 0.6) is 0 Å². The molecular weight excluding hydrogens is 68.8 g/mol. The maximum atomic E-state index is 0. The molecule has 0 atom stereocenters. The van der Waals surface area contributed by atoms with Crippen molar-refractivity contribution in [1.29, 1.82) is 0 Å². The van der Waals surface area contributed by atoms with Gasteiger partial charge in [-0.1, -0.05) is 0 Å². The minimum absolute atomic E-state index is 0. The van der Waals surface area contributed by atoms with Gasteiger partial charge >= 0.3 is 29.6 Å². The average molecular weight is 75.9 g/mol. The van der Waals surface area contributed by atoms with Crippen LogP contribution in [0, 0.1) is 0 Å². The predicted molar refractivity (Wildman–Crippen MR) is 23.2 cm³/mol. The Kier molecular flexibility index (Phi) is 805.